The van der Waals surface area contributed by atoms with Crippen molar-refractivity contribution in [2.24, 2.45) is 0 Å². The van der Waals surface area contributed by atoms with Crippen molar-refractivity contribution >= 4 is 12.8 Å². The van der Waals surface area contributed by atoms with Gasteiger partial charge in [-0.15, -0.1) is 5.10 Å². The Labute approximate surface area is 119 Å². The Bertz CT molecular complexity index is 575. The lowest BCUT2D eigenvalue weighted by atomic mass is 9.97. The van der Waals surface area contributed by atoms with E-state index in [1.807, 2.05) is 6.07 Å². The van der Waals surface area contributed by atoms with Gasteiger partial charge >= 0.3 is 0 Å². The van der Waals surface area contributed by atoms with E-state index in [4.69, 9.17) is 4.74 Å². The molecule has 3 rings (SSSR count). The summed E-state index contributed by atoms with van der Waals surface area (Å²) in [6.45, 7) is 2.79. The molecular formula is C15H18N2OS. The number of hydrogen-bond acceptors (Lipinski definition) is 3. The molecule has 19 heavy (non-hydrogen) atoms. The van der Waals surface area contributed by atoms with Crippen molar-refractivity contribution in [3.05, 3.63) is 47.2 Å². The van der Waals surface area contributed by atoms with Gasteiger partial charge in [-0.3, -0.25) is 0 Å². The molecule has 0 atom stereocenters. The summed E-state index contributed by atoms with van der Waals surface area (Å²) in [4.78, 5) is 0. The highest BCUT2D eigenvalue weighted by Gasteiger charge is 2.26. The van der Waals surface area contributed by atoms with E-state index in [1.165, 1.54) is 33.6 Å². The average Bonchev–Trinajstić information content (AvgIpc) is 3.19. The molecule has 0 bridgehead atoms. The molecule has 100 valence electrons. The largest absolute Gasteiger partial charge is 0.472 e. The third kappa shape index (κ3) is 2.78. The third-order valence-corrected chi connectivity index (χ3v) is 3.85. The number of aromatic nitrogens is 2. The number of nitrogens with zero attached hydrogens (tertiary/aromatic N) is 2. The topological polar surface area (TPSA) is 27.1 Å². The number of benzene rings is 1. The van der Waals surface area contributed by atoms with E-state index in [2.05, 4.69) is 43.0 Å². The quantitative estimate of drug-likeness (QED) is 0.844. The highest BCUT2D eigenvalue weighted by Crippen LogP contribution is 2.42. The number of ether oxygens (including phenoxy) is 1. The predicted octanol–water partition coefficient (Wildman–Crippen LogP) is 3.59. The molecule has 0 radical (unpaired) electrons. The summed E-state index contributed by atoms with van der Waals surface area (Å²) in [6, 6.07) is 8.44. The van der Waals surface area contributed by atoms with Gasteiger partial charge in [-0.2, -0.15) is 0 Å². The van der Waals surface area contributed by atoms with Crippen molar-refractivity contribution in [2.75, 3.05) is 0 Å². The summed E-state index contributed by atoms with van der Waals surface area (Å²) in [5.41, 5.74) is 4.19. The van der Waals surface area contributed by atoms with Gasteiger partial charge in [-0.25, -0.2) is 4.09 Å². The van der Waals surface area contributed by atoms with Crippen molar-refractivity contribution in [1.29, 1.82) is 0 Å². The summed E-state index contributed by atoms with van der Waals surface area (Å²) in [6.07, 6.45) is 5.43. The number of thiol groups is 1. The van der Waals surface area contributed by atoms with Gasteiger partial charge in [0.05, 0.1) is 0 Å². The molecule has 1 aromatic carbocycles. The van der Waals surface area contributed by atoms with Crippen LogP contribution in [0.1, 0.15) is 42.4 Å². The Kier molecular flexibility index (Phi) is 3.51. The van der Waals surface area contributed by atoms with Gasteiger partial charge in [0.15, 0.2) is 0 Å². The van der Waals surface area contributed by atoms with Crippen molar-refractivity contribution < 1.29 is 4.74 Å². The van der Waals surface area contributed by atoms with E-state index in [9.17, 15) is 0 Å². The molecule has 0 saturated heterocycles. The van der Waals surface area contributed by atoms with Crippen LogP contribution < -0.4 is 4.74 Å². The number of aryl methyl sites for hydroxylation is 1. The zero-order valence-electron chi connectivity index (χ0n) is 11.0. The Balaban J connectivity index is 1.82. The minimum atomic E-state index is 0.598. The fourth-order valence-corrected chi connectivity index (χ4v) is 2.61. The first-order valence-electron chi connectivity index (χ1n) is 6.76. The molecule has 0 unspecified atom stereocenters. The zero-order valence-corrected chi connectivity index (χ0v) is 11.9. The van der Waals surface area contributed by atoms with Crippen LogP contribution in [-0.2, 0) is 13.0 Å². The van der Waals surface area contributed by atoms with E-state index in [-0.39, 0.29) is 0 Å². The Hall–Kier alpha value is -1.42. The van der Waals surface area contributed by atoms with Crippen LogP contribution in [0.25, 0.3) is 0 Å². The second-order valence-corrected chi connectivity index (χ2v) is 5.39. The Morgan fingerprint density at radius 2 is 2.21 bits per heavy atom. The van der Waals surface area contributed by atoms with Crippen LogP contribution in [0.5, 0.6) is 5.88 Å². The van der Waals surface area contributed by atoms with Crippen molar-refractivity contribution in [1.82, 2.24) is 9.19 Å². The first kappa shape index (κ1) is 12.6. The molecule has 4 heteroatoms. The van der Waals surface area contributed by atoms with Gasteiger partial charge in [0.25, 0.3) is 0 Å². The smallest absolute Gasteiger partial charge is 0.234 e. The van der Waals surface area contributed by atoms with Crippen LogP contribution in [0.15, 0.2) is 30.5 Å². The summed E-state index contributed by atoms with van der Waals surface area (Å²) >= 11 is 4.11. The molecule has 1 aliphatic rings. The predicted molar refractivity (Wildman–Crippen MR) is 78.7 cm³/mol. The summed E-state index contributed by atoms with van der Waals surface area (Å²) in [5, 5.41) is 4.13. The van der Waals surface area contributed by atoms with Gasteiger partial charge in [0.2, 0.25) is 5.88 Å². The SMILES string of the molecule is CCc1cccc(C2CC2)c1COc1ccn(S)n1. The van der Waals surface area contributed by atoms with E-state index in [1.54, 1.807) is 6.20 Å². The van der Waals surface area contributed by atoms with Gasteiger partial charge in [0, 0.05) is 12.3 Å². The maximum absolute atomic E-state index is 5.79. The minimum absolute atomic E-state index is 0.598. The van der Waals surface area contributed by atoms with E-state index >= 15 is 0 Å². The van der Waals surface area contributed by atoms with Crippen LogP contribution in [-0.4, -0.2) is 9.19 Å². The normalized spacial score (nSPS) is 14.6. The van der Waals surface area contributed by atoms with Crippen molar-refractivity contribution in [3.63, 3.8) is 0 Å². The third-order valence-electron chi connectivity index (χ3n) is 3.62. The summed E-state index contributed by atoms with van der Waals surface area (Å²) < 4.78 is 7.25. The van der Waals surface area contributed by atoms with Crippen molar-refractivity contribution in [3.8, 4) is 5.88 Å². The molecule has 0 amide bonds. The van der Waals surface area contributed by atoms with Crippen LogP contribution >= 0.6 is 12.8 Å². The van der Waals surface area contributed by atoms with Gasteiger partial charge in [0.1, 0.15) is 6.61 Å². The van der Waals surface area contributed by atoms with E-state index < -0.39 is 0 Å². The molecule has 1 heterocycles. The first-order valence-corrected chi connectivity index (χ1v) is 7.16. The van der Waals surface area contributed by atoms with E-state index in [0.29, 0.717) is 12.5 Å². The molecule has 0 aliphatic heterocycles. The highest BCUT2D eigenvalue weighted by molar-refractivity contribution is 7.78. The standard InChI is InChI=1S/C15H18N2OS/c1-2-11-4-3-5-13(12-6-7-12)14(11)10-18-15-8-9-17(19)16-15/h3-5,8-9,12,19H,2,6-7,10H2,1H3. The van der Waals surface area contributed by atoms with Gasteiger partial charge in [-0.05, 0) is 54.7 Å². The van der Waals surface area contributed by atoms with Gasteiger partial charge in [-0.1, -0.05) is 25.1 Å². The fourth-order valence-electron chi connectivity index (χ4n) is 2.46. The van der Waals surface area contributed by atoms with Crippen molar-refractivity contribution in [2.45, 2.75) is 38.7 Å². The monoisotopic (exact) mass is 274 g/mol. The molecule has 2 aromatic rings. The fraction of sp³-hybridized carbons (Fsp3) is 0.400. The second-order valence-electron chi connectivity index (χ2n) is 4.98. The lowest BCUT2D eigenvalue weighted by Gasteiger charge is -2.13. The van der Waals surface area contributed by atoms with Crippen LogP contribution in [0, 0.1) is 0 Å². The van der Waals surface area contributed by atoms with Gasteiger partial charge < -0.3 is 4.74 Å². The summed E-state index contributed by atoms with van der Waals surface area (Å²) in [5.74, 6) is 1.37. The molecule has 1 saturated carbocycles. The maximum atomic E-state index is 5.79. The van der Waals surface area contributed by atoms with Crippen LogP contribution in [0.2, 0.25) is 0 Å². The maximum Gasteiger partial charge on any atom is 0.234 e. The Morgan fingerprint density at radius 1 is 1.37 bits per heavy atom. The first-order chi connectivity index (χ1) is 9.28. The Morgan fingerprint density at radius 3 is 2.84 bits per heavy atom. The highest BCUT2D eigenvalue weighted by atomic mass is 32.1. The molecule has 3 nitrogen and oxygen atoms in total. The number of rotatable bonds is 5. The molecule has 1 fully saturated rings. The number of hydrogen-bond donors (Lipinski definition) is 1. The second kappa shape index (κ2) is 5.29. The minimum Gasteiger partial charge on any atom is -0.472 e. The van der Waals surface area contributed by atoms with Crippen LogP contribution in [0.4, 0.5) is 0 Å². The van der Waals surface area contributed by atoms with Crippen LogP contribution in [0.3, 0.4) is 0 Å². The lowest BCUT2D eigenvalue weighted by Crippen LogP contribution is -2.04. The zero-order chi connectivity index (χ0) is 13.2. The molecule has 1 aliphatic carbocycles. The van der Waals surface area contributed by atoms with E-state index in [0.717, 1.165) is 12.3 Å². The molecule has 1 aromatic heterocycles. The average molecular weight is 274 g/mol. The lowest BCUT2D eigenvalue weighted by molar-refractivity contribution is 0.290. The molecular weight excluding hydrogens is 256 g/mol. The summed E-state index contributed by atoms with van der Waals surface area (Å²) in [7, 11) is 0. The molecule has 0 N–H and O–H groups in total. The molecule has 0 spiro atoms.